The number of halogens is 1. The van der Waals surface area contributed by atoms with Crippen LogP contribution in [0.2, 0.25) is 0 Å². The van der Waals surface area contributed by atoms with Crippen LogP contribution in [0, 0.1) is 5.82 Å². The van der Waals surface area contributed by atoms with E-state index in [9.17, 15) is 12.8 Å². The zero-order valence-electron chi connectivity index (χ0n) is 13.0. The first-order valence-electron chi connectivity index (χ1n) is 7.00. The van der Waals surface area contributed by atoms with Crippen molar-refractivity contribution in [2.45, 2.75) is 4.90 Å². The summed E-state index contributed by atoms with van der Waals surface area (Å²) in [4.78, 5) is 0.121. The summed E-state index contributed by atoms with van der Waals surface area (Å²) in [5, 5.41) is 7.80. The van der Waals surface area contributed by atoms with E-state index in [1.54, 1.807) is 24.3 Å². The largest absolute Gasteiger partial charge is 0.416 e. The molecule has 0 aliphatic carbocycles. The Bertz CT molecular complexity index is 983. The summed E-state index contributed by atoms with van der Waals surface area (Å²) in [6, 6.07) is 12.0. The van der Waals surface area contributed by atoms with Crippen molar-refractivity contribution in [2.24, 2.45) is 0 Å². The van der Waals surface area contributed by atoms with Gasteiger partial charge in [-0.1, -0.05) is 12.1 Å². The van der Waals surface area contributed by atoms with Crippen LogP contribution in [0.25, 0.3) is 22.9 Å². The number of hydrogen-bond acceptors (Lipinski definition) is 5. The minimum absolute atomic E-state index is 0.121. The highest BCUT2D eigenvalue weighted by Crippen LogP contribution is 2.26. The van der Waals surface area contributed by atoms with E-state index in [-0.39, 0.29) is 16.7 Å². The Morgan fingerprint density at radius 2 is 1.54 bits per heavy atom. The van der Waals surface area contributed by atoms with Crippen molar-refractivity contribution in [3.05, 3.63) is 54.3 Å². The lowest BCUT2D eigenvalue weighted by Gasteiger charge is -2.11. The van der Waals surface area contributed by atoms with Crippen molar-refractivity contribution in [3.63, 3.8) is 0 Å². The maximum Gasteiger partial charge on any atom is 0.248 e. The second kappa shape index (κ2) is 6.14. The molecule has 0 radical (unpaired) electrons. The number of nitrogens with zero attached hydrogens (tertiary/aromatic N) is 3. The van der Waals surface area contributed by atoms with E-state index in [2.05, 4.69) is 10.2 Å². The van der Waals surface area contributed by atoms with Crippen molar-refractivity contribution in [1.82, 2.24) is 14.5 Å². The van der Waals surface area contributed by atoms with Crippen molar-refractivity contribution in [3.8, 4) is 22.9 Å². The monoisotopic (exact) mass is 347 g/mol. The van der Waals surface area contributed by atoms with Crippen molar-refractivity contribution >= 4 is 10.0 Å². The van der Waals surface area contributed by atoms with Gasteiger partial charge in [0.2, 0.25) is 21.8 Å². The third kappa shape index (κ3) is 3.06. The Morgan fingerprint density at radius 1 is 0.958 bits per heavy atom. The van der Waals surface area contributed by atoms with Crippen molar-refractivity contribution < 1.29 is 17.2 Å². The van der Waals surface area contributed by atoms with Gasteiger partial charge in [0.25, 0.3) is 0 Å². The zero-order chi connectivity index (χ0) is 17.3. The molecule has 3 rings (SSSR count). The molecule has 6 nitrogen and oxygen atoms in total. The summed E-state index contributed by atoms with van der Waals surface area (Å²) in [5.41, 5.74) is 0.916. The fraction of sp³-hybridized carbons (Fsp3) is 0.125. The summed E-state index contributed by atoms with van der Waals surface area (Å²) < 4.78 is 44.3. The summed E-state index contributed by atoms with van der Waals surface area (Å²) in [6.07, 6.45) is 0. The van der Waals surface area contributed by atoms with Gasteiger partial charge in [0.1, 0.15) is 5.82 Å². The van der Waals surface area contributed by atoms with E-state index >= 15 is 0 Å². The number of sulfonamides is 1. The second-order valence-electron chi connectivity index (χ2n) is 5.24. The van der Waals surface area contributed by atoms with E-state index in [1.807, 2.05) is 0 Å². The Kier molecular flexibility index (Phi) is 4.16. The minimum atomic E-state index is -3.56. The molecule has 1 heterocycles. The first-order chi connectivity index (χ1) is 11.4. The molecule has 0 fully saturated rings. The molecule has 0 aliphatic heterocycles. The zero-order valence-corrected chi connectivity index (χ0v) is 13.8. The fourth-order valence-corrected chi connectivity index (χ4v) is 3.03. The molecular weight excluding hydrogens is 333 g/mol. The van der Waals surface area contributed by atoms with Crippen LogP contribution >= 0.6 is 0 Å². The minimum Gasteiger partial charge on any atom is -0.416 e. The molecule has 0 amide bonds. The van der Waals surface area contributed by atoms with Gasteiger partial charge >= 0.3 is 0 Å². The number of aromatic nitrogens is 2. The molecule has 0 bridgehead atoms. The van der Waals surface area contributed by atoms with Gasteiger partial charge in [-0.05, 0) is 36.4 Å². The third-order valence-corrected chi connectivity index (χ3v) is 5.17. The molecule has 0 N–H and O–H groups in total. The molecule has 24 heavy (non-hydrogen) atoms. The predicted octanol–water partition coefficient (Wildman–Crippen LogP) is 2.79. The topological polar surface area (TPSA) is 76.3 Å². The van der Waals surface area contributed by atoms with Gasteiger partial charge in [0.15, 0.2) is 0 Å². The molecule has 0 aliphatic rings. The lowest BCUT2D eigenvalue weighted by molar-refractivity contribution is 0.520. The second-order valence-corrected chi connectivity index (χ2v) is 7.39. The van der Waals surface area contributed by atoms with E-state index in [0.717, 1.165) is 4.31 Å². The predicted molar refractivity (Wildman–Crippen MR) is 86.0 cm³/mol. The molecular formula is C16H14FN3O3S. The molecule has 0 atom stereocenters. The van der Waals surface area contributed by atoms with Gasteiger partial charge in [0.05, 0.1) is 4.90 Å². The lowest BCUT2D eigenvalue weighted by atomic mass is 10.2. The SMILES string of the molecule is CN(C)S(=O)(=O)c1cccc(-c2nnc(-c3cccc(F)c3)o2)c1. The van der Waals surface area contributed by atoms with Crippen LogP contribution < -0.4 is 0 Å². The van der Waals surface area contributed by atoms with Crippen LogP contribution in [0.1, 0.15) is 0 Å². The number of rotatable bonds is 4. The van der Waals surface area contributed by atoms with Crippen LogP contribution in [0.15, 0.2) is 57.8 Å². The molecule has 1 aromatic heterocycles. The quantitative estimate of drug-likeness (QED) is 0.725. The molecule has 3 aromatic rings. The maximum absolute atomic E-state index is 13.3. The molecule has 0 saturated carbocycles. The standard InChI is InChI=1S/C16H14FN3O3S/c1-20(2)24(21,22)14-8-4-6-12(10-14)16-19-18-15(23-16)11-5-3-7-13(17)9-11/h3-10H,1-2H3. The molecule has 8 heteroatoms. The van der Waals surface area contributed by atoms with Crippen molar-refractivity contribution in [1.29, 1.82) is 0 Å². The summed E-state index contributed by atoms with van der Waals surface area (Å²) in [5.74, 6) is -0.0956. The molecule has 0 saturated heterocycles. The van der Waals surface area contributed by atoms with Gasteiger partial charge < -0.3 is 4.42 Å². The highest BCUT2D eigenvalue weighted by Gasteiger charge is 2.19. The summed E-state index contributed by atoms with van der Waals surface area (Å²) >= 11 is 0. The normalized spacial score (nSPS) is 11.8. The van der Waals surface area contributed by atoms with Crippen LogP contribution in [0.5, 0.6) is 0 Å². The van der Waals surface area contributed by atoms with Crippen LogP contribution in [0.4, 0.5) is 4.39 Å². The Balaban J connectivity index is 2.00. The maximum atomic E-state index is 13.3. The highest BCUT2D eigenvalue weighted by atomic mass is 32.2. The molecule has 0 unspecified atom stereocenters. The van der Waals surface area contributed by atoms with Gasteiger partial charge in [0, 0.05) is 25.2 Å². The van der Waals surface area contributed by atoms with E-state index in [0.29, 0.717) is 11.1 Å². The first kappa shape index (κ1) is 16.3. The molecule has 0 spiro atoms. The Labute approximate surface area is 138 Å². The highest BCUT2D eigenvalue weighted by molar-refractivity contribution is 7.89. The average Bonchev–Trinajstić information content (AvgIpc) is 3.05. The summed E-state index contributed by atoms with van der Waals surface area (Å²) in [7, 11) is -0.654. The smallest absolute Gasteiger partial charge is 0.248 e. The average molecular weight is 347 g/mol. The van der Waals surface area contributed by atoms with Gasteiger partial charge in [-0.15, -0.1) is 10.2 Å². The van der Waals surface area contributed by atoms with Gasteiger partial charge in [-0.25, -0.2) is 17.1 Å². The Hall–Kier alpha value is -2.58. The van der Waals surface area contributed by atoms with Crippen LogP contribution in [-0.4, -0.2) is 37.0 Å². The molecule has 124 valence electrons. The van der Waals surface area contributed by atoms with Gasteiger partial charge in [-0.2, -0.15) is 0 Å². The number of hydrogen-bond donors (Lipinski definition) is 0. The van der Waals surface area contributed by atoms with Crippen molar-refractivity contribution in [2.75, 3.05) is 14.1 Å². The number of benzene rings is 2. The van der Waals surface area contributed by atoms with E-state index < -0.39 is 15.8 Å². The van der Waals surface area contributed by atoms with Gasteiger partial charge in [-0.3, -0.25) is 0 Å². The van der Waals surface area contributed by atoms with E-state index in [4.69, 9.17) is 4.42 Å². The van der Waals surface area contributed by atoms with Crippen LogP contribution in [0.3, 0.4) is 0 Å². The lowest BCUT2D eigenvalue weighted by Crippen LogP contribution is -2.22. The fourth-order valence-electron chi connectivity index (χ4n) is 2.08. The third-order valence-electron chi connectivity index (χ3n) is 3.36. The van der Waals surface area contributed by atoms with E-state index in [1.165, 1.54) is 38.4 Å². The van der Waals surface area contributed by atoms with Crippen LogP contribution in [-0.2, 0) is 10.0 Å². The molecule has 2 aromatic carbocycles. The first-order valence-corrected chi connectivity index (χ1v) is 8.44. The Morgan fingerprint density at radius 3 is 2.12 bits per heavy atom. The summed E-state index contributed by atoms with van der Waals surface area (Å²) in [6.45, 7) is 0.